The lowest BCUT2D eigenvalue weighted by molar-refractivity contribution is 0.0588. The van der Waals surface area contributed by atoms with Crippen LogP contribution in [0.5, 0.6) is 0 Å². The highest BCUT2D eigenvalue weighted by Crippen LogP contribution is 2.42. The van der Waals surface area contributed by atoms with Crippen molar-refractivity contribution in [1.82, 2.24) is 24.2 Å². The summed E-state index contributed by atoms with van der Waals surface area (Å²) in [7, 11) is 3.29. The summed E-state index contributed by atoms with van der Waals surface area (Å²) in [4.78, 5) is 39.7. The number of anilines is 2. The van der Waals surface area contributed by atoms with Crippen LogP contribution in [0.25, 0.3) is 11.0 Å². The standard InChI is InChI=1S/C21H22N8O3S/c1-28(16-13(7-22)8-24-17-15(16)3-4-23-17)14-5-11-9-29(10-12(11)6-14)21(31)26-20-25-18(27-33-20)19(30)32-2/h3-4,8,11-12,14H,5-6,9-10H2,1-2H3,(H,23,24)(H,25,26,27,31)/t11-,12+,14?. The van der Waals surface area contributed by atoms with E-state index in [1.54, 1.807) is 11.1 Å². The summed E-state index contributed by atoms with van der Waals surface area (Å²) < 4.78 is 8.49. The van der Waals surface area contributed by atoms with Crippen molar-refractivity contribution < 1.29 is 14.3 Å². The number of esters is 1. The average molecular weight is 467 g/mol. The zero-order chi connectivity index (χ0) is 23.1. The number of ether oxygens (including phenoxy) is 1. The number of pyridine rings is 1. The number of nitrogens with one attached hydrogen (secondary N) is 2. The second-order valence-corrected chi connectivity index (χ2v) is 9.13. The molecule has 0 spiro atoms. The Bertz CT molecular complexity index is 1250. The van der Waals surface area contributed by atoms with Gasteiger partial charge in [-0.1, -0.05) is 0 Å². The zero-order valence-corrected chi connectivity index (χ0v) is 18.9. The van der Waals surface area contributed by atoms with E-state index < -0.39 is 5.97 Å². The molecule has 3 aromatic heterocycles. The first kappa shape index (κ1) is 21.1. The van der Waals surface area contributed by atoms with E-state index >= 15 is 0 Å². The van der Waals surface area contributed by atoms with Crippen molar-refractivity contribution in [3.63, 3.8) is 0 Å². The minimum absolute atomic E-state index is 0.0636. The van der Waals surface area contributed by atoms with Crippen molar-refractivity contribution in [3.8, 4) is 6.07 Å². The van der Waals surface area contributed by atoms with Gasteiger partial charge in [-0.25, -0.2) is 14.6 Å². The topological polar surface area (TPSA) is 140 Å². The third-order valence-electron chi connectivity index (χ3n) is 6.60. The highest BCUT2D eigenvalue weighted by atomic mass is 32.1. The van der Waals surface area contributed by atoms with Gasteiger partial charge in [-0.15, -0.1) is 0 Å². The van der Waals surface area contributed by atoms with Gasteiger partial charge in [0, 0.05) is 55.5 Å². The Kier molecular flexibility index (Phi) is 5.33. The van der Waals surface area contributed by atoms with Gasteiger partial charge < -0.3 is 19.5 Å². The van der Waals surface area contributed by atoms with Crippen molar-refractivity contribution in [1.29, 1.82) is 5.26 Å². The lowest BCUT2D eigenvalue weighted by Crippen LogP contribution is -2.36. The molecule has 0 radical (unpaired) electrons. The normalized spacial score (nSPS) is 21.6. The molecule has 2 fully saturated rings. The number of H-pyrrole nitrogens is 1. The molecule has 12 heteroatoms. The number of hydrogen-bond acceptors (Lipinski definition) is 9. The number of nitrogens with zero attached hydrogens (tertiary/aromatic N) is 6. The fraction of sp³-hybridized carbons (Fsp3) is 0.429. The van der Waals surface area contributed by atoms with E-state index in [0.717, 1.165) is 41.1 Å². The average Bonchev–Trinajstić information content (AvgIpc) is 3.60. The van der Waals surface area contributed by atoms with Gasteiger partial charge in [-0.05, 0) is 30.7 Å². The highest BCUT2D eigenvalue weighted by Gasteiger charge is 2.44. The number of aromatic amines is 1. The molecular formula is C21H22N8O3S. The number of carbonyl (C=O) groups excluding carboxylic acids is 2. The summed E-state index contributed by atoms with van der Waals surface area (Å²) >= 11 is 0.947. The second kappa shape index (κ2) is 8.32. The lowest BCUT2D eigenvalue weighted by atomic mass is 10.0. The van der Waals surface area contributed by atoms with Gasteiger partial charge in [0.05, 0.1) is 18.4 Å². The fourth-order valence-electron chi connectivity index (χ4n) is 5.01. The van der Waals surface area contributed by atoms with Crippen LogP contribution in [0.15, 0.2) is 18.5 Å². The maximum absolute atomic E-state index is 12.7. The number of likely N-dealkylation sites (tertiary alicyclic amines) is 1. The smallest absolute Gasteiger partial charge is 0.377 e. The van der Waals surface area contributed by atoms with Crippen LogP contribution in [0.4, 0.5) is 15.6 Å². The van der Waals surface area contributed by atoms with Crippen molar-refractivity contribution in [2.75, 3.05) is 37.5 Å². The van der Waals surface area contributed by atoms with Crippen LogP contribution in [0.1, 0.15) is 29.0 Å². The van der Waals surface area contributed by atoms with Crippen LogP contribution in [0.2, 0.25) is 0 Å². The summed E-state index contributed by atoms with van der Waals surface area (Å²) in [5.74, 6) is 0.0734. The van der Waals surface area contributed by atoms with E-state index in [9.17, 15) is 14.9 Å². The Morgan fingerprint density at radius 1 is 1.36 bits per heavy atom. The molecule has 2 amide bonds. The van der Waals surface area contributed by atoms with E-state index in [-0.39, 0.29) is 23.0 Å². The van der Waals surface area contributed by atoms with E-state index in [4.69, 9.17) is 0 Å². The first-order valence-electron chi connectivity index (χ1n) is 10.6. The van der Waals surface area contributed by atoms with Gasteiger partial charge in [0.15, 0.2) is 0 Å². The van der Waals surface area contributed by atoms with Crippen LogP contribution < -0.4 is 10.2 Å². The van der Waals surface area contributed by atoms with E-state index in [0.29, 0.717) is 30.5 Å². The number of hydrogen-bond donors (Lipinski definition) is 2. The lowest BCUT2D eigenvalue weighted by Gasteiger charge is -2.29. The Hall–Kier alpha value is -3.72. The van der Waals surface area contributed by atoms with Gasteiger partial charge in [-0.2, -0.15) is 14.6 Å². The minimum atomic E-state index is -0.636. The number of amides is 2. The molecule has 3 atom stereocenters. The van der Waals surface area contributed by atoms with Gasteiger partial charge >= 0.3 is 12.0 Å². The van der Waals surface area contributed by atoms with Crippen molar-refractivity contribution in [2.24, 2.45) is 11.8 Å². The molecule has 3 aromatic rings. The molecule has 0 bridgehead atoms. The number of aromatic nitrogens is 4. The number of nitriles is 1. The van der Waals surface area contributed by atoms with Crippen LogP contribution in [-0.4, -0.2) is 69.5 Å². The minimum Gasteiger partial charge on any atom is -0.463 e. The number of urea groups is 1. The molecule has 11 nitrogen and oxygen atoms in total. The number of carbonyl (C=O) groups is 2. The molecule has 1 saturated carbocycles. The molecule has 170 valence electrons. The third-order valence-corrected chi connectivity index (χ3v) is 7.23. The maximum Gasteiger partial charge on any atom is 0.377 e. The van der Waals surface area contributed by atoms with Gasteiger partial charge in [0.1, 0.15) is 11.7 Å². The molecule has 0 aromatic carbocycles. The molecule has 1 unspecified atom stereocenters. The number of methoxy groups -OCH3 is 1. The summed E-state index contributed by atoms with van der Waals surface area (Å²) in [5, 5.41) is 13.6. The van der Waals surface area contributed by atoms with Gasteiger partial charge in [0.2, 0.25) is 5.13 Å². The SMILES string of the molecule is COC(=O)c1nsc(NC(=O)N2C[C@H]3CC(N(C)c4c(C#N)cnc5[nH]ccc45)C[C@H]3C2)n1. The molecule has 2 aliphatic rings. The molecule has 4 heterocycles. The molecule has 1 aliphatic heterocycles. The van der Waals surface area contributed by atoms with Gasteiger partial charge in [-0.3, -0.25) is 5.32 Å². The summed E-state index contributed by atoms with van der Waals surface area (Å²) in [6.07, 6.45) is 5.33. The number of fused-ring (bicyclic) bond motifs is 2. The Morgan fingerprint density at radius 3 is 2.82 bits per heavy atom. The highest BCUT2D eigenvalue weighted by molar-refractivity contribution is 7.10. The molecule has 1 aliphatic carbocycles. The number of rotatable bonds is 4. The monoisotopic (exact) mass is 466 g/mol. The van der Waals surface area contributed by atoms with Gasteiger partial charge in [0.25, 0.3) is 5.82 Å². The van der Waals surface area contributed by atoms with Crippen LogP contribution >= 0.6 is 11.5 Å². The van der Waals surface area contributed by atoms with Crippen LogP contribution in [-0.2, 0) is 4.74 Å². The molecule has 33 heavy (non-hydrogen) atoms. The van der Waals surface area contributed by atoms with Crippen LogP contribution in [0.3, 0.4) is 0 Å². The summed E-state index contributed by atoms with van der Waals surface area (Å²) in [6.45, 7) is 1.31. The summed E-state index contributed by atoms with van der Waals surface area (Å²) in [5.41, 5.74) is 2.23. The molecular weight excluding hydrogens is 444 g/mol. The van der Waals surface area contributed by atoms with E-state index in [2.05, 4.69) is 40.3 Å². The zero-order valence-electron chi connectivity index (χ0n) is 18.1. The predicted molar refractivity (Wildman–Crippen MR) is 121 cm³/mol. The van der Waals surface area contributed by atoms with Crippen molar-refractivity contribution in [2.45, 2.75) is 18.9 Å². The maximum atomic E-state index is 12.7. The quantitative estimate of drug-likeness (QED) is 0.559. The third kappa shape index (κ3) is 3.74. The van der Waals surface area contributed by atoms with E-state index in [1.807, 2.05) is 19.3 Å². The molecule has 2 N–H and O–H groups in total. The van der Waals surface area contributed by atoms with E-state index in [1.165, 1.54) is 7.11 Å². The Balaban J connectivity index is 1.23. The molecule has 5 rings (SSSR count). The van der Waals surface area contributed by atoms with Crippen LogP contribution in [0, 0.1) is 23.2 Å². The van der Waals surface area contributed by atoms with Crippen molar-refractivity contribution in [3.05, 3.63) is 29.8 Å². The first-order valence-corrected chi connectivity index (χ1v) is 11.3. The predicted octanol–water partition coefficient (Wildman–Crippen LogP) is 2.45. The second-order valence-electron chi connectivity index (χ2n) is 8.38. The van der Waals surface area contributed by atoms with Crippen molar-refractivity contribution >= 4 is 45.4 Å². The Morgan fingerprint density at radius 2 is 2.12 bits per heavy atom. The molecule has 1 saturated heterocycles. The Labute approximate surface area is 193 Å². The largest absolute Gasteiger partial charge is 0.463 e. The summed E-state index contributed by atoms with van der Waals surface area (Å²) in [6, 6.07) is 4.27. The first-order chi connectivity index (χ1) is 16.0. The fourth-order valence-corrected chi connectivity index (χ4v) is 5.56.